The molecule has 1 heterocycles. The number of ether oxygens (including phenoxy) is 1. The van der Waals surface area contributed by atoms with Crippen LogP contribution in [0.5, 0.6) is 0 Å². The lowest BCUT2D eigenvalue weighted by Crippen LogP contribution is -2.34. The van der Waals surface area contributed by atoms with Gasteiger partial charge in [-0.3, -0.25) is 4.90 Å². The summed E-state index contributed by atoms with van der Waals surface area (Å²) in [6, 6.07) is 18.7. The first kappa shape index (κ1) is 13.6. The topological polar surface area (TPSA) is 49.8 Å². The molecular formula is C17H17NO3. The minimum Gasteiger partial charge on any atom is -0.447 e. The first-order valence-corrected chi connectivity index (χ1v) is 6.97. The van der Waals surface area contributed by atoms with E-state index in [4.69, 9.17) is 4.74 Å². The Labute approximate surface area is 123 Å². The molecule has 0 unspecified atom stereocenters. The Bertz CT molecular complexity index is 600. The van der Waals surface area contributed by atoms with Crippen molar-refractivity contribution in [3.05, 3.63) is 71.8 Å². The minimum absolute atomic E-state index is 0.136. The van der Waals surface area contributed by atoms with E-state index in [-0.39, 0.29) is 18.7 Å². The van der Waals surface area contributed by atoms with Gasteiger partial charge in [0.2, 0.25) is 0 Å². The molecule has 0 radical (unpaired) electrons. The lowest BCUT2D eigenvalue weighted by molar-refractivity contribution is 0.116. The molecule has 3 rings (SSSR count). The van der Waals surface area contributed by atoms with E-state index in [2.05, 4.69) is 0 Å². The standard InChI is InChI=1S/C17H17NO3/c19-11-15(13-7-3-1-4-8-13)18-16(12-21-17(18)20)14-9-5-2-6-10-14/h1-10,15-16,19H,11-12H2/t15-,16-/m0/s1. The highest BCUT2D eigenvalue weighted by Gasteiger charge is 2.39. The van der Waals surface area contributed by atoms with Crippen molar-refractivity contribution in [3.63, 3.8) is 0 Å². The average molecular weight is 283 g/mol. The lowest BCUT2D eigenvalue weighted by atomic mass is 10.0. The van der Waals surface area contributed by atoms with E-state index in [1.807, 2.05) is 60.7 Å². The summed E-state index contributed by atoms with van der Waals surface area (Å²) in [4.78, 5) is 13.8. The highest BCUT2D eigenvalue weighted by atomic mass is 16.6. The highest BCUT2D eigenvalue weighted by Crippen LogP contribution is 2.35. The molecule has 108 valence electrons. The van der Waals surface area contributed by atoms with E-state index in [9.17, 15) is 9.90 Å². The molecule has 2 atom stereocenters. The summed E-state index contributed by atoms with van der Waals surface area (Å²) in [6.45, 7) is 0.175. The molecule has 1 aliphatic rings. The monoisotopic (exact) mass is 283 g/mol. The molecule has 4 heteroatoms. The summed E-state index contributed by atoms with van der Waals surface area (Å²) >= 11 is 0. The summed E-state index contributed by atoms with van der Waals surface area (Å²) in [6.07, 6.45) is -0.383. The first-order valence-electron chi connectivity index (χ1n) is 6.97. The van der Waals surface area contributed by atoms with E-state index in [0.717, 1.165) is 11.1 Å². The van der Waals surface area contributed by atoms with Crippen molar-refractivity contribution in [1.82, 2.24) is 4.90 Å². The molecule has 2 aromatic rings. The summed E-state index contributed by atoms with van der Waals surface area (Å²) in [7, 11) is 0. The molecule has 0 aromatic heterocycles. The Balaban J connectivity index is 1.95. The summed E-state index contributed by atoms with van der Waals surface area (Å²) < 4.78 is 5.21. The van der Waals surface area contributed by atoms with Gasteiger partial charge >= 0.3 is 6.09 Å². The third-order valence-electron chi connectivity index (χ3n) is 3.79. The second-order valence-electron chi connectivity index (χ2n) is 5.02. The van der Waals surface area contributed by atoms with Gasteiger partial charge in [0.1, 0.15) is 6.61 Å². The van der Waals surface area contributed by atoms with Crippen LogP contribution in [-0.4, -0.2) is 29.3 Å². The van der Waals surface area contributed by atoms with Crippen LogP contribution in [0.4, 0.5) is 4.79 Å². The Hall–Kier alpha value is -2.33. The number of carbonyl (C=O) groups is 1. The summed E-state index contributed by atoms with van der Waals surface area (Å²) in [5.74, 6) is 0. The van der Waals surface area contributed by atoms with Crippen molar-refractivity contribution < 1.29 is 14.6 Å². The van der Waals surface area contributed by atoms with Gasteiger partial charge in [-0.15, -0.1) is 0 Å². The third kappa shape index (κ3) is 2.62. The van der Waals surface area contributed by atoms with Crippen LogP contribution in [0.2, 0.25) is 0 Å². The maximum atomic E-state index is 12.1. The molecule has 4 nitrogen and oxygen atoms in total. The fourth-order valence-corrected chi connectivity index (χ4v) is 2.74. The van der Waals surface area contributed by atoms with Gasteiger partial charge in [0.25, 0.3) is 0 Å². The first-order chi connectivity index (χ1) is 10.3. The van der Waals surface area contributed by atoms with E-state index < -0.39 is 6.04 Å². The number of hydrogen-bond acceptors (Lipinski definition) is 3. The average Bonchev–Trinajstić information content (AvgIpc) is 2.92. The van der Waals surface area contributed by atoms with Gasteiger partial charge in [0.05, 0.1) is 18.7 Å². The van der Waals surface area contributed by atoms with Crippen molar-refractivity contribution in [2.24, 2.45) is 0 Å². The molecule has 0 bridgehead atoms. The molecule has 1 fully saturated rings. The maximum absolute atomic E-state index is 12.1. The molecule has 1 N–H and O–H groups in total. The van der Waals surface area contributed by atoms with E-state index in [1.54, 1.807) is 4.90 Å². The van der Waals surface area contributed by atoms with Crippen molar-refractivity contribution in [3.8, 4) is 0 Å². The number of carbonyl (C=O) groups excluding carboxylic acids is 1. The van der Waals surface area contributed by atoms with Crippen LogP contribution in [0.15, 0.2) is 60.7 Å². The normalized spacial score (nSPS) is 19.4. The molecule has 0 spiro atoms. The second-order valence-corrected chi connectivity index (χ2v) is 5.02. The van der Waals surface area contributed by atoms with Crippen LogP contribution in [-0.2, 0) is 4.74 Å². The van der Waals surface area contributed by atoms with Crippen LogP contribution in [0.3, 0.4) is 0 Å². The van der Waals surface area contributed by atoms with Crippen molar-refractivity contribution in [1.29, 1.82) is 0 Å². The number of amides is 1. The molecule has 2 aromatic carbocycles. The maximum Gasteiger partial charge on any atom is 0.411 e. The largest absolute Gasteiger partial charge is 0.447 e. The zero-order chi connectivity index (χ0) is 14.7. The quantitative estimate of drug-likeness (QED) is 0.938. The molecule has 0 aliphatic carbocycles. The molecular weight excluding hydrogens is 266 g/mol. The Kier molecular flexibility index (Phi) is 3.88. The predicted molar refractivity (Wildman–Crippen MR) is 78.6 cm³/mol. The number of rotatable bonds is 4. The predicted octanol–water partition coefficient (Wildman–Crippen LogP) is 2.91. The fourth-order valence-electron chi connectivity index (χ4n) is 2.74. The van der Waals surface area contributed by atoms with Crippen LogP contribution in [0.25, 0.3) is 0 Å². The number of cyclic esters (lactones) is 1. The fraction of sp³-hybridized carbons (Fsp3) is 0.235. The van der Waals surface area contributed by atoms with E-state index in [1.165, 1.54) is 0 Å². The highest BCUT2D eigenvalue weighted by molar-refractivity contribution is 5.71. The molecule has 1 saturated heterocycles. The van der Waals surface area contributed by atoms with Crippen LogP contribution < -0.4 is 0 Å². The summed E-state index contributed by atoms with van der Waals surface area (Å²) in [5.41, 5.74) is 1.91. The third-order valence-corrected chi connectivity index (χ3v) is 3.79. The van der Waals surface area contributed by atoms with Crippen molar-refractivity contribution in [2.75, 3.05) is 13.2 Å². The molecule has 21 heavy (non-hydrogen) atoms. The number of benzene rings is 2. The van der Waals surface area contributed by atoms with E-state index in [0.29, 0.717) is 6.61 Å². The Morgan fingerprint density at radius 1 is 1.10 bits per heavy atom. The Morgan fingerprint density at radius 2 is 1.71 bits per heavy atom. The minimum atomic E-state index is -0.397. The number of aliphatic hydroxyl groups is 1. The van der Waals surface area contributed by atoms with Crippen molar-refractivity contribution in [2.45, 2.75) is 12.1 Å². The van der Waals surface area contributed by atoms with Gasteiger partial charge in [0, 0.05) is 0 Å². The molecule has 0 saturated carbocycles. The SMILES string of the molecule is O=C1OC[C@@H](c2ccccc2)N1[C@@H](CO)c1ccccc1. The van der Waals surface area contributed by atoms with Crippen molar-refractivity contribution >= 4 is 6.09 Å². The van der Waals surface area contributed by atoms with Crippen LogP contribution >= 0.6 is 0 Å². The lowest BCUT2D eigenvalue weighted by Gasteiger charge is -2.29. The van der Waals surface area contributed by atoms with Gasteiger partial charge < -0.3 is 9.84 Å². The zero-order valence-electron chi connectivity index (χ0n) is 11.6. The molecule has 1 amide bonds. The van der Waals surface area contributed by atoms with Crippen LogP contribution in [0, 0.1) is 0 Å². The van der Waals surface area contributed by atoms with Gasteiger partial charge in [-0.05, 0) is 11.1 Å². The summed E-state index contributed by atoms with van der Waals surface area (Å²) in [5, 5.41) is 9.77. The zero-order valence-corrected chi connectivity index (χ0v) is 11.6. The van der Waals surface area contributed by atoms with Crippen LogP contribution in [0.1, 0.15) is 23.2 Å². The second kappa shape index (κ2) is 5.97. The molecule has 1 aliphatic heterocycles. The van der Waals surface area contributed by atoms with Gasteiger partial charge in [0.15, 0.2) is 0 Å². The number of nitrogens with zero attached hydrogens (tertiary/aromatic N) is 1. The van der Waals surface area contributed by atoms with E-state index >= 15 is 0 Å². The number of aliphatic hydroxyl groups excluding tert-OH is 1. The smallest absolute Gasteiger partial charge is 0.411 e. The van der Waals surface area contributed by atoms with Gasteiger partial charge in [-0.25, -0.2) is 4.79 Å². The number of hydrogen-bond donors (Lipinski definition) is 1. The van der Waals surface area contributed by atoms with Gasteiger partial charge in [-0.1, -0.05) is 60.7 Å². The Morgan fingerprint density at radius 3 is 2.33 bits per heavy atom. The van der Waals surface area contributed by atoms with Gasteiger partial charge in [-0.2, -0.15) is 0 Å².